The van der Waals surface area contributed by atoms with Crippen LogP contribution in [0.25, 0.3) is 0 Å². The van der Waals surface area contributed by atoms with E-state index in [1.54, 1.807) is 4.68 Å². The van der Waals surface area contributed by atoms with Gasteiger partial charge in [-0.15, -0.1) is 5.10 Å². The van der Waals surface area contributed by atoms with Crippen LogP contribution < -0.4 is 5.32 Å². The third kappa shape index (κ3) is 4.25. The van der Waals surface area contributed by atoms with E-state index in [1.165, 1.54) is 11.8 Å². The summed E-state index contributed by atoms with van der Waals surface area (Å²) < 4.78 is 1.76. The molecular weight excluding hydrogens is 238 g/mol. The molecule has 1 aromatic rings. The summed E-state index contributed by atoms with van der Waals surface area (Å²) in [6.45, 7) is 5.55. The lowest BCUT2D eigenvalue weighted by Gasteiger charge is -2.23. The molecule has 0 fully saturated rings. The average molecular weight is 259 g/mol. The lowest BCUT2D eigenvalue weighted by Crippen LogP contribution is -2.29. The molecule has 7 heteroatoms. The smallest absolute Gasteiger partial charge is 0.209 e. The molecule has 0 aliphatic carbocycles. The lowest BCUT2D eigenvalue weighted by atomic mass is 10.0. The Morgan fingerprint density at radius 1 is 1.41 bits per heavy atom. The van der Waals surface area contributed by atoms with Gasteiger partial charge >= 0.3 is 0 Å². The minimum absolute atomic E-state index is 0.621. The Morgan fingerprint density at radius 3 is 2.71 bits per heavy atom. The molecule has 1 aromatic heterocycles. The Hall–Kier alpha value is -0.660. The minimum atomic E-state index is -0.621. The monoisotopic (exact) mass is 259 g/mol. The van der Waals surface area contributed by atoms with Gasteiger partial charge in [-0.2, -0.15) is 0 Å². The van der Waals surface area contributed by atoms with Crippen LogP contribution in [-0.2, 0) is 6.54 Å². The van der Waals surface area contributed by atoms with Gasteiger partial charge in [-0.25, -0.2) is 4.68 Å². The molecule has 0 spiro atoms. The number of hydrogen-bond acceptors (Lipinski definition) is 6. The SMILES string of the molecule is CCC(O)(CC)CSc1nnnn1CCNC. The van der Waals surface area contributed by atoms with Gasteiger partial charge in [-0.3, -0.25) is 0 Å². The van der Waals surface area contributed by atoms with Crippen molar-refractivity contribution in [1.29, 1.82) is 0 Å². The normalized spacial score (nSPS) is 12.0. The Bertz CT molecular complexity index is 326. The van der Waals surface area contributed by atoms with E-state index in [0.717, 1.165) is 31.1 Å². The fourth-order valence-corrected chi connectivity index (χ4v) is 2.49. The molecule has 0 aromatic carbocycles. The second-order valence-corrected chi connectivity index (χ2v) is 4.95. The summed E-state index contributed by atoms with van der Waals surface area (Å²) >= 11 is 1.51. The summed E-state index contributed by atoms with van der Waals surface area (Å²) in [5.41, 5.74) is -0.621. The molecule has 0 atom stereocenters. The Balaban J connectivity index is 2.53. The van der Waals surface area contributed by atoms with Crippen molar-refractivity contribution in [1.82, 2.24) is 25.5 Å². The molecule has 2 N–H and O–H groups in total. The van der Waals surface area contributed by atoms with Crippen LogP contribution in [0.4, 0.5) is 0 Å². The van der Waals surface area contributed by atoms with Crippen LogP contribution in [0.1, 0.15) is 26.7 Å². The summed E-state index contributed by atoms with van der Waals surface area (Å²) in [6, 6.07) is 0. The molecule has 98 valence electrons. The van der Waals surface area contributed by atoms with Gasteiger partial charge in [0, 0.05) is 12.3 Å². The number of hydrogen-bond donors (Lipinski definition) is 2. The van der Waals surface area contributed by atoms with Gasteiger partial charge in [0.15, 0.2) is 0 Å². The average Bonchev–Trinajstić information content (AvgIpc) is 2.81. The van der Waals surface area contributed by atoms with Crippen molar-refractivity contribution in [2.75, 3.05) is 19.3 Å². The van der Waals surface area contributed by atoms with Gasteiger partial charge in [-0.1, -0.05) is 25.6 Å². The van der Waals surface area contributed by atoms with Gasteiger partial charge in [0.05, 0.1) is 12.1 Å². The van der Waals surface area contributed by atoms with E-state index in [2.05, 4.69) is 20.8 Å². The highest BCUT2D eigenvalue weighted by Crippen LogP contribution is 2.24. The molecule has 0 saturated carbocycles. The lowest BCUT2D eigenvalue weighted by molar-refractivity contribution is 0.0571. The van der Waals surface area contributed by atoms with Crippen molar-refractivity contribution in [2.24, 2.45) is 0 Å². The van der Waals surface area contributed by atoms with Gasteiger partial charge in [0.1, 0.15) is 0 Å². The molecular formula is C10H21N5OS. The molecule has 0 aliphatic rings. The second kappa shape index (κ2) is 6.93. The van der Waals surface area contributed by atoms with Crippen LogP contribution in [-0.4, -0.2) is 50.3 Å². The zero-order valence-electron chi connectivity index (χ0n) is 10.7. The molecule has 0 unspecified atom stereocenters. The maximum absolute atomic E-state index is 10.2. The molecule has 1 heterocycles. The fraction of sp³-hybridized carbons (Fsp3) is 0.900. The highest BCUT2D eigenvalue weighted by Gasteiger charge is 2.23. The highest BCUT2D eigenvalue weighted by atomic mass is 32.2. The Kier molecular flexibility index (Phi) is 5.87. The highest BCUT2D eigenvalue weighted by molar-refractivity contribution is 7.99. The number of nitrogens with one attached hydrogen (secondary N) is 1. The predicted octanol–water partition coefficient (Wildman–Crippen LogP) is 0.536. The van der Waals surface area contributed by atoms with E-state index in [9.17, 15) is 5.11 Å². The first-order valence-corrected chi connectivity index (χ1v) is 6.89. The van der Waals surface area contributed by atoms with Crippen molar-refractivity contribution in [3.63, 3.8) is 0 Å². The molecule has 6 nitrogen and oxygen atoms in total. The fourth-order valence-electron chi connectivity index (χ4n) is 1.31. The van der Waals surface area contributed by atoms with E-state index in [-0.39, 0.29) is 0 Å². The summed E-state index contributed by atoms with van der Waals surface area (Å²) in [5, 5.41) is 25.5. The number of aromatic nitrogens is 4. The van der Waals surface area contributed by atoms with Crippen molar-refractivity contribution in [3.05, 3.63) is 0 Å². The van der Waals surface area contributed by atoms with Crippen molar-refractivity contribution in [3.8, 4) is 0 Å². The third-order valence-corrected chi connectivity index (χ3v) is 4.09. The van der Waals surface area contributed by atoms with E-state index in [4.69, 9.17) is 0 Å². The molecule has 0 aliphatic heterocycles. The zero-order chi connectivity index (χ0) is 12.7. The van der Waals surface area contributed by atoms with Crippen molar-refractivity contribution in [2.45, 2.75) is 44.0 Å². The van der Waals surface area contributed by atoms with Crippen molar-refractivity contribution >= 4 is 11.8 Å². The summed E-state index contributed by atoms with van der Waals surface area (Å²) in [7, 11) is 1.89. The van der Waals surface area contributed by atoms with Gasteiger partial charge in [-0.05, 0) is 30.3 Å². The number of thioether (sulfide) groups is 1. The van der Waals surface area contributed by atoms with E-state index in [1.807, 2.05) is 20.9 Å². The maximum Gasteiger partial charge on any atom is 0.209 e. The minimum Gasteiger partial charge on any atom is -0.389 e. The number of aliphatic hydroxyl groups is 1. The number of nitrogens with zero attached hydrogens (tertiary/aromatic N) is 4. The first-order chi connectivity index (χ1) is 8.15. The quantitative estimate of drug-likeness (QED) is 0.664. The first-order valence-electron chi connectivity index (χ1n) is 5.91. The zero-order valence-corrected chi connectivity index (χ0v) is 11.5. The summed E-state index contributed by atoms with van der Waals surface area (Å²) in [5.74, 6) is 0.625. The Labute approximate surface area is 106 Å². The molecule has 0 bridgehead atoms. The number of tetrazole rings is 1. The molecule has 0 radical (unpaired) electrons. The van der Waals surface area contributed by atoms with E-state index in [0.29, 0.717) is 5.75 Å². The van der Waals surface area contributed by atoms with Crippen LogP contribution in [0, 0.1) is 0 Å². The second-order valence-electron chi connectivity index (χ2n) is 4.01. The van der Waals surface area contributed by atoms with Gasteiger partial charge in [0.25, 0.3) is 0 Å². The maximum atomic E-state index is 10.2. The van der Waals surface area contributed by atoms with E-state index < -0.39 is 5.60 Å². The number of likely N-dealkylation sites (N-methyl/N-ethyl adjacent to an activating group) is 1. The summed E-state index contributed by atoms with van der Waals surface area (Å²) in [4.78, 5) is 0. The van der Waals surface area contributed by atoms with E-state index >= 15 is 0 Å². The third-order valence-electron chi connectivity index (χ3n) is 2.86. The van der Waals surface area contributed by atoms with Crippen LogP contribution in [0.2, 0.25) is 0 Å². The van der Waals surface area contributed by atoms with Gasteiger partial charge in [0.2, 0.25) is 5.16 Å². The van der Waals surface area contributed by atoms with Crippen LogP contribution >= 0.6 is 11.8 Å². The molecule has 1 rings (SSSR count). The molecule has 0 amide bonds. The number of rotatable bonds is 8. The largest absolute Gasteiger partial charge is 0.389 e. The molecule has 0 saturated heterocycles. The standard InChI is InChI=1S/C10H21N5OS/c1-4-10(16,5-2)8-17-9-12-13-14-15(9)7-6-11-3/h11,16H,4-8H2,1-3H3. The first kappa shape index (κ1) is 14.4. The Morgan fingerprint density at radius 2 is 2.12 bits per heavy atom. The van der Waals surface area contributed by atoms with Crippen LogP contribution in [0.3, 0.4) is 0 Å². The predicted molar refractivity (Wildman–Crippen MR) is 68.0 cm³/mol. The topological polar surface area (TPSA) is 75.9 Å². The van der Waals surface area contributed by atoms with Crippen LogP contribution in [0.5, 0.6) is 0 Å². The van der Waals surface area contributed by atoms with Crippen LogP contribution in [0.15, 0.2) is 5.16 Å². The van der Waals surface area contributed by atoms with Gasteiger partial charge < -0.3 is 10.4 Å². The summed E-state index contributed by atoms with van der Waals surface area (Å²) in [6.07, 6.45) is 1.49. The van der Waals surface area contributed by atoms with Crippen molar-refractivity contribution < 1.29 is 5.11 Å². The molecule has 17 heavy (non-hydrogen) atoms.